The predicted molar refractivity (Wildman–Crippen MR) is 102 cm³/mol. The van der Waals surface area contributed by atoms with Gasteiger partial charge in [0.2, 0.25) is 0 Å². The maximum absolute atomic E-state index is 14.0. The Hall–Kier alpha value is -1.84. The summed E-state index contributed by atoms with van der Waals surface area (Å²) in [5, 5.41) is 15.1. The largest absolute Gasteiger partial charge is 0.435 e. The Morgan fingerprint density at radius 2 is 1.86 bits per heavy atom. The summed E-state index contributed by atoms with van der Waals surface area (Å²) in [6, 6.07) is 7.61. The summed E-state index contributed by atoms with van der Waals surface area (Å²) in [7, 11) is 0. The molecule has 0 saturated heterocycles. The number of nitrogens with zero attached hydrogens (tertiary/aromatic N) is 2. The summed E-state index contributed by atoms with van der Waals surface area (Å²) < 4.78 is 41.9. The first-order valence-corrected chi connectivity index (χ1v) is 9.57. The van der Waals surface area contributed by atoms with E-state index in [1.54, 1.807) is 0 Å². The second-order valence-corrected chi connectivity index (χ2v) is 7.46. The Bertz CT molecular complexity index is 964. The van der Waals surface area contributed by atoms with Crippen molar-refractivity contribution < 1.29 is 22.9 Å². The van der Waals surface area contributed by atoms with E-state index in [0.717, 1.165) is 12.1 Å². The first-order chi connectivity index (χ1) is 13.1. The van der Waals surface area contributed by atoms with Crippen LogP contribution in [0.5, 0.6) is 0 Å². The van der Waals surface area contributed by atoms with Crippen LogP contribution in [0, 0.1) is 10.1 Å². The van der Waals surface area contributed by atoms with Crippen molar-refractivity contribution in [3.05, 3.63) is 73.2 Å². The second kappa shape index (κ2) is 7.53. The van der Waals surface area contributed by atoms with Gasteiger partial charge in [-0.2, -0.15) is 13.2 Å². The molecule has 3 rings (SSSR count). The van der Waals surface area contributed by atoms with Crippen LogP contribution < -0.4 is 0 Å². The van der Waals surface area contributed by atoms with Crippen LogP contribution in [0.3, 0.4) is 0 Å². The van der Waals surface area contributed by atoms with Gasteiger partial charge in [0.15, 0.2) is 0 Å². The van der Waals surface area contributed by atoms with Crippen LogP contribution in [-0.2, 0) is 15.8 Å². The minimum Gasteiger partial charge on any atom is -0.374 e. The molecule has 0 radical (unpaired) electrons. The topological polar surface area (TPSA) is 64.7 Å². The molecule has 2 aromatic carbocycles. The third-order valence-electron chi connectivity index (χ3n) is 4.27. The molecule has 0 spiro atoms. The normalized spacial score (nSPS) is 19.3. The van der Waals surface area contributed by atoms with E-state index in [4.69, 9.17) is 28.0 Å². The smallest absolute Gasteiger partial charge is 0.374 e. The van der Waals surface area contributed by atoms with Crippen molar-refractivity contribution >= 4 is 50.5 Å². The molecular weight excluding hydrogens is 488 g/mol. The number of rotatable bonds is 4. The number of halogens is 6. The summed E-state index contributed by atoms with van der Waals surface area (Å²) >= 11 is 14.9. The van der Waals surface area contributed by atoms with Crippen molar-refractivity contribution in [1.29, 1.82) is 0 Å². The van der Waals surface area contributed by atoms with Crippen molar-refractivity contribution in [2.24, 2.45) is 5.16 Å². The Morgan fingerprint density at radius 1 is 1.21 bits per heavy atom. The number of oxime groups is 1. The molecule has 5 nitrogen and oxygen atoms in total. The fraction of sp³-hybridized carbons (Fsp3) is 0.235. The van der Waals surface area contributed by atoms with Gasteiger partial charge in [0.25, 0.3) is 11.3 Å². The van der Waals surface area contributed by atoms with E-state index in [9.17, 15) is 23.3 Å². The maximum Gasteiger partial charge on any atom is 0.435 e. The monoisotopic (exact) mass is 496 g/mol. The highest BCUT2D eigenvalue weighted by molar-refractivity contribution is 9.08. The van der Waals surface area contributed by atoms with Gasteiger partial charge in [-0.25, -0.2) is 0 Å². The highest BCUT2D eigenvalue weighted by Crippen LogP contribution is 2.49. The molecule has 2 aromatic rings. The van der Waals surface area contributed by atoms with Gasteiger partial charge in [-0.05, 0) is 18.2 Å². The highest BCUT2D eigenvalue weighted by atomic mass is 79.9. The SMILES string of the molecule is O=[N+]([O-])c1cc(C2=NOC(c3cc(Cl)cc(Cl)c3)(C(F)(F)F)C2)ccc1CBr. The lowest BCUT2D eigenvalue weighted by Gasteiger charge is -2.29. The van der Waals surface area contributed by atoms with Gasteiger partial charge < -0.3 is 4.84 Å². The lowest BCUT2D eigenvalue weighted by molar-refractivity contribution is -0.385. The van der Waals surface area contributed by atoms with Crippen LogP contribution in [0.15, 0.2) is 41.6 Å². The molecule has 11 heteroatoms. The number of alkyl halides is 4. The summed E-state index contributed by atoms with van der Waals surface area (Å²) in [4.78, 5) is 15.5. The molecule has 0 bridgehead atoms. The van der Waals surface area contributed by atoms with E-state index < -0.39 is 23.1 Å². The van der Waals surface area contributed by atoms with Gasteiger partial charge in [-0.15, -0.1) is 0 Å². The zero-order valence-corrected chi connectivity index (χ0v) is 16.9. The number of nitro groups is 1. The molecule has 0 aromatic heterocycles. The number of hydrogen-bond donors (Lipinski definition) is 0. The summed E-state index contributed by atoms with van der Waals surface area (Å²) in [5.74, 6) is 0. The molecule has 0 amide bonds. The highest BCUT2D eigenvalue weighted by Gasteiger charge is 2.62. The van der Waals surface area contributed by atoms with E-state index >= 15 is 0 Å². The average Bonchev–Trinajstić information content (AvgIpc) is 3.07. The van der Waals surface area contributed by atoms with Gasteiger partial charge in [0, 0.05) is 44.6 Å². The second-order valence-electron chi connectivity index (χ2n) is 6.02. The van der Waals surface area contributed by atoms with Crippen molar-refractivity contribution in [2.75, 3.05) is 0 Å². The predicted octanol–water partition coefficient (Wildman–Crippen LogP) is 6.38. The number of hydrogen-bond acceptors (Lipinski definition) is 4. The molecular formula is C17H10BrCl2F3N2O3. The Labute approximate surface area is 175 Å². The minimum absolute atomic E-state index is 0.0143. The fourth-order valence-electron chi connectivity index (χ4n) is 2.87. The Morgan fingerprint density at radius 3 is 2.39 bits per heavy atom. The minimum atomic E-state index is -4.84. The van der Waals surface area contributed by atoms with E-state index in [2.05, 4.69) is 21.1 Å². The van der Waals surface area contributed by atoms with E-state index in [0.29, 0.717) is 5.56 Å². The third-order valence-corrected chi connectivity index (χ3v) is 5.31. The molecule has 1 unspecified atom stereocenters. The summed E-state index contributed by atoms with van der Waals surface area (Å²) in [5.41, 5.74) is -2.85. The molecule has 1 aliphatic heterocycles. The van der Waals surface area contributed by atoms with Crippen LogP contribution in [0.4, 0.5) is 18.9 Å². The molecule has 1 heterocycles. The Balaban J connectivity index is 2.05. The van der Waals surface area contributed by atoms with Crippen LogP contribution >= 0.6 is 39.1 Å². The molecule has 0 fully saturated rings. The molecule has 148 valence electrons. The van der Waals surface area contributed by atoms with E-state index in [-0.39, 0.29) is 37.9 Å². The fourth-order valence-corrected chi connectivity index (χ4v) is 3.87. The Kier molecular flexibility index (Phi) is 5.62. The van der Waals surface area contributed by atoms with Crippen molar-refractivity contribution in [3.63, 3.8) is 0 Å². The molecule has 0 saturated carbocycles. The van der Waals surface area contributed by atoms with Gasteiger partial charge in [-0.1, -0.05) is 56.4 Å². The molecule has 1 aliphatic rings. The van der Waals surface area contributed by atoms with Gasteiger partial charge in [0.05, 0.1) is 10.6 Å². The molecule has 1 atom stereocenters. The van der Waals surface area contributed by atoms with Crippen molar-refractivity contribution in [3.8, 4) is 0 Å². The van der Waals surface area contributed by atoms with Crippen LogP contribution in [0.1, 0.15) is 23.1 Å². The lowest BCUT2D eigenvalue weighted by Crippen LogP contribution is -2.42. The first-order valence-electron chi connectivity index (χ1n) is 7.69. The van der Waals surface area contributed by atoms with Crippen molar-refractivity contribution in [1.82, 2.24) is 0 Å². The number of nitro benzene ring substituents is 1. The quantitative estimate of drug-likeness (QED) is 0.279. The van der Waals surface area contributed by atoms with E-state index in [1.165, 1.54) is 24.3 Å². The van der Waals surface area contributed by atoms with Crippen molar-refractivity contribution in [2.45, 2.75) is 23.5 Å². The maximum atomic E-state index is 14.0. The molecule has 0 aliphatic carbocycles. The summed E-state index contributed by atoms with van der Waals surface area (Å²) in [6.07, 6.45) is -5.52. The third kappa shape index (κ3) is 3.70. The zero-order valence-electron chi connectivity index (χ0n) is 13.8. The number of benzene rings is 2. The summed E-state index contributed by atoms with van der Waals surface area (Å²) in [6.45, 7) is 0. The first kappa shape index (κ1) is 20.9. The average molecular weight is 498 g/mol. The molecule has 0 N–H and O–H groups in total. The van der Waals surface area contributed by atoms with Crippen LogP contribution in [-0.4, -0.2) is 16.8 Å². The van der Waals surface area contributed by atoms with Gasteiger partial charge >= 0.3 is 6.18 Å². The standard InChI is InChI=1S/C17H10BrCl2F3N2O3/c18-8-10-2-1-9(3-15(10)25(26)27)14-7-16(28-24-14,17(21,22)23)11-4-12(19)6-13(20)5-11/h1-6H,7-8H2. The van der Waals surface area contributed by atoms with Gasteiger partial charge in [-0.3, -0.25) is 10.1 Å². The van der Waals surface area contributed by atoms with Gasteiger partial charge in [0.1, 0.15) is 0 Å². The molecule has 28 heavy (non-hydrogen) atoms. The van der Waals surface area contributed by atoms with E-state index in [1.807, 2.05) is 0 Å². The lowest BCUT2D eigenvalue weighted by atomic mass is 9.86. The zero-order chi connectivity index (χ0) is 20.7. The van der Waals surface area contributed by atoms with Crippen LogP contribution in [0.25, 0.3) is 0 Å². The van der Waals surface area contributed by atoms with Crippen LogP contribution in [0.2, 0.25) is 10.0 Å².